The van der Waals surface area contributed by atoms with Gasteiger partial charge in [0.25, 0.3) is 0 Å². The van der Waals surface area contributed by atoms with Crippen LogP contribution in [0.5, 0.6) is 5.75 Å². The van der Waals surface area contributed by atoms with E-state index in [-0.39, 0.29) is 10.8 Å². The molecule has 0 saturated carbocycles. The number of hydrogen-bond acceptors (Lipinski definition) is 2. The van der Waals surface area contributed by atoms with E-state index in [1.807, 2.05) is 0 Å². The van der Waals surface area contributed by atoms with E-state index in [4.69, 9.17) is 16.7 Å². The number of alkyl halides is 3. The predicted molar refractivity (Wildman–Crippen MR) is 71.9 cm³/mol. The summed E-state index contributed by atoms with van der Waals surface area (Å²) in [5.41, 5.74) is 0.302. The number of benzene rings is 2. The standard InChI is InChI=1S/C14H11ClF3NO/c15-13-6-3-10(7-12(13)14(16,17)18)19-8-9-1-4-11(20)5-2-9/h1-7,19-20H,8H2. The summed E-state index contributed by atoms with van der Waals surface area (Å²) < 4.78 is 38.1. The van der Waals surface area contributed by atoms with E-state index >= 15 is 0 Å². The molecule has 2 N–H and O–H groups in total. The van der Waals surface area contributed by atoms with E-state index in [1.54, 1.807) is 12.1 Å². The Balaban J connectivity index is 2.12. The molecule has 2 rings (SSSR count). The Labute approximate surface area is 118 Å². The molecule has 0 heterocycles. The zero-order valence-electron chi connectivity index (χ0n) is 10.2. The number of phenolic OH excluding ortho intramolecular Hbond substituents is 1. The van der Waals surface area contributed by atoms with Gasteiger partial charge in [-0.15, -0.1) is 0 Å². The molecular weight excluding hydrogens is 291 g/mol. The zero-order valence-corrected chi connectivity index (χ0v) is 11.0. The highest BCUT2D eigenvalue weighted by Crippen LogP contribution is 2.36. The molecule has 0 radical (unpaired) electrons. The molecule has 0 aliphatic heterocycles. The highest BCUT2D eigenvalue weighted by Gasteiger charge is 2.33. The summed E-state index contributed by atoms with van der Waals surface area (Å²) in [6.07, 6.45) is -4.48. The van der Waals surface area contributed by atoms with Gasteiger partial charge in [0.1, 0.15) is 5.75 Å². The van der Waals surface area contributed by atoms with Gasteiger partial charge in [0.05, 0.1) is 10.6 Å². The lowest BCUT2D eigenvalue weighted by Gasteiger charge is -2.12. The smallest absolute Gasteiger partial charge is 0.417 e. The summed E-state index contributed by atoms with van der Waals surface area (Å²) in [6.45, 7) is 0.346. The number of rotatable bonds is 3. The zero-order chi connectivity index (χ0) is 14.8. The summed E-state index contributed by atoms with van der Waals surface area (Å²) in [4.78, 5) is 0. The first kappa shape index (κ1) is 14.5. The van der Waals surface area contributed by atoms with Crippen molar-refractivity contribution in [3.05, 3.63) is 58.6 Å². The van der Waals surface area contributed by atoms with E-state index in [0.29, 0.717) is 12.2 Å². The van der Waals surface area contributed by atoms with Gasteiger partial charge >= 0.3 is 6.18 Å². The monoisotopic (exact) mass is 301 g/mol. The van der Waals surface area contributed by atoms with Crippen molar-refractivity contribution in [2.45, 2.75) is 12.7 Å². The van der Waals surface area contributed by atoms with Crippen molar-refractivity contribution in [3.63, 3.8) is 0 Å². The van der Waals surface area contributed by atoms with Gasteiger partial charge in [-0.3, -0.25) is 0 Å². The largest absolute Gasteiger partial charge is 0.508 e. The van der Waals surface area contributed by atoms with E-state index in [2.05, 4.69) is 5.32 Å². The average molecular weight is 302 g/mol. The van der Waals surface area contributed by atoms with Gasteiger partial charge in [0, 0.05) is 12.2 Å². The van der Waals surface area contributed by atoms with Crippen LogP contribution in [0.2, 0.25) is 5.02 Å². The van der Waals surface area contributed by atoms with Crippen molar-refractivity contribution >= 4 is 17.3 Å². The number of nitrogens with one attached hydrogen (secondary N) is 1. The number of phenols is 1. The lowest BCUT2D eigenvalue weighted by atomic mass is 10.1. The third-order valence-electron chi connectivity index (χ3n) is 2.70. The molecule has 2 aromatic carbocycles. The maximum atomic E-state index is 12.7. The first-order valence-electron chi connectivity index (χ1n) is 5.75. The Morgan fingerprint density at radius 3 is 2.30 bits per heavy atom. The van der Waals surface area contributed by atoms with Crippen LogP contribution < -0.4 is 5.32 Å². The predicted octanol–water partition coefficient (Wildman–Crippen LogP) is 4.68. The van der Waals surface area contributed by atoms with E-state index < -0.39 is 11.7 Å². The molecule has 0 unspecified atom stereocenters. The number of anilines is 1. The quantitative estimate of drug-likeness (QED) is 0.863. The highest BCUT2D eigenvalue weighted by atomic mass is 35.5. The van der Waals surface area contributed by atoms with Crippen molar-refractivity contribution in [3.8, 4) is 5.75 Å². The second kappa shape index (κ2) is 5.63. The van der Waals surface area contributed by atoms with Gasteiger partial charge in [-0.1, -0.05) is 23.7 Å². The molecule has 106 valence electrons. The second-order valence-corrected chi connectivity index (χ2v) is 4.62. The van der Waals surface area contributed by atoms with E-state index in [1.165, 1.54) is 24.3 Å². The molecule has 0 atom stereocenters. The molecule has 2 aromatic rings. The van der Waals surface area contributed by atoms with Crippen LogP contribution in [0.25, 0.3) is 0 Å². The Morgan fingerprint density at radius 1 is 1.05 bits per heavy atom. The summed E-state index contributed by atoms with van der Waals surface area (Å²) in [5.74, 6) is 0.139. The van der Waals surface area contributed by atoms with Gasteiger partial charge in [-0.05, 0) is 35.9 Å². The molecule has 0 amide bonds. The molecule has 0 bridgehead atoms. The van der Waals surface area contributed by atoms with Crippen LogP contribution in [-0.4, -0.2) is 5.11 Å². The number of aromatic hydroxyl groups is 1. The van der Waals surface area contributed by atoms with Crippen molar-refractivity contribution in [2.24, 2.45) is 0 Å². The van der Waals surface area contributed by atoms with E-state index in [0.717, 1.165) is 11.6 Å². The molecule has 0 aromatic heterocycles. The van der Waals surface area contributed by atoms with Crippen LogP contribution in [0.15, 0.2) is 42.5 Å². The summed E-state index contributed by atoms with van der Waals surface area (Å²) in [7, 11) is 0. The second-order valence-electron chi connectivity index (χ2n) is 4.21. The minimum absolute atomic E-state index is 0.139. The third kappa shape index (κ3) is 3.57. The minimum Gasteiger partial charge on any atom is -0.508 e. The van der Waals surface area contributed by atoms with Gasteiger partial charge in [-0.25, -0.2) is 0 Å². The minimum atomic E-state index is -4.48. The molecule has 0 aliphatic carbocycles. The molecule has 6 heteroatoms. The Morgan fingerprint density at radius 2 is 1.70 bits per heavy atom. The Hall–Kier alpha value is -1.88. The number of hydrogen-bond donors (Lipinski definition) is 2. The molecule has 20 heavy (non-hydrogen) atoms. The van der Waals surface area contributed by atoms with Crippen LogP contribution in [0.3, 0.4) is 0 Å². The summed E-state index contributed by atoms with van der Waals surface area (Å²) in [5, 5.41) is 11.7. The van der Waals surface area contributed by atoms with E-state index in [9.17, 15) is 13.2 Å². The maximum Gasteiger partial charge on any atom is 0.417 e. The Kier molecular flexibility index (Phi) is 4.09. The third-order valence-corrected chi connectivity index (χ3v) is 3.03. The fourth-order valence-corrected chi connectivity index (χ4v) is 1.90. The van der Waals surface area contributed by atoms with Gasteiger partial charge in [0.2, 0.25) is 0 Å². The van der Waals surface area contributed by atoms with Crippen LogP contribution in [0.1, 0.15) is 11.1 Å². The highest BCUT2D eigenvalue weighted by molar-refractivity contribution is 6.31. The first-order valence-corrected chi connectivity index (χ1v) is 6.12. The summed E-state index contributed by atoms with van der Waals surface area (Å²) >= 11 is 5.54. The van der Waals surface area contributed by atoms with Crippen LogP contribution in [0, 0.1) is 0 Å². The van der Waals surface area contributed by atoms with Crippen LogP contribution in [0.4, 0.5) is 18.9 Å². The van der Waals surface area contributed by atoms with Crippen molar-refractivity contribution in [1.29, 1.82) is 0 Å². The van der Waals surface area contributed by atoms with Crippen molar-refractivity contribution in [2.75, 3.05) is 5.32 Å². The number of halogens is 4. The molecule has 0 spiro atoms. The SMILES string of the molecule is Oc1ccc(CNc2ccc(Cl)c(C(F)(F)F)c2)cc1. The fraction of sp³-hybridized carbons (Fsp3) is 0.143. The van der Waals surface area contributed by atoms with Crippen molar-refractivity contribution in [1.82, 2.24) is 0 Å². The van der Waals surface area contributed by atoms with Crippen molar-refractivity contribution < 1.29 is 18.3 Å². The molecule has 0 fully saturated rings. The lowest BCUT2D eigenvalue weighted by Crippen LogP contribution is -2.07. The topological polar surface area (TPSA) is 32.3 Å². The maximum absolute atomic E-state index is 12.7. The normalized spacial score (nSPS) is 11.4. The lowest BCUT2D eigenvalue weighted by molar-refractivity contribution is -0.137. The molecule has 0 aliphatic rings. The molecule has 0 saturated heterocycles. The average Bonchev–Trinajstić information content (AvgIpc) is 2.38. The van der Waals surface area contributed by atoms with Gasteiger partial charge in [-0.2, -0.15) is 13.2 Å². The summed E-state index contributed by atoms with van der Waals surface area (Å²) in [6, 6.07) is 10.1. The Bertz CT molecular complexity index is 596. The molecule has 2 nitrogen and oxygen atoms in total. The molecular formula is C14H11ClF3NO. The van der Waals surface area contributed by atoms with Gasteiger partial charge < -0.3 is 10.4 Å². The first-order chi connectivity index (χ1) is 9.36. The van der Waals surface area contributed by atoms with Crippen LogP contribution >= 0.6 is 11.6 Å². The van der Waals surface area contributed by atoms with Crippen LogP contribution in [-0.2, 0) is 12.7 Å². The fourth-order valence-electron chi connectivity index (χ4n) is 1.67. The van der Waals surface area contributed by atoms with Gasteiger partial charge in [0.15, 0.2) is 0 Å².